The molecule has 0 aliphatic carbocycles. The van der Waals surface area contributed by atoms with Gasteiger partial charge in [-0.2, -0.15) is 0 Å². The lowest BCUT2D eigenvalue weighted by Gasteiger charge is -2.23. The highest BCUT2D eigenvalue weighted by Crippen LogP contribution is 2.23. The molecule has 1 aromatic heterocycles. The van der Waals surface area contributed by atoms with Crippen molar-refractivity contribution in [2.45, 2.75) is 25.0 Å². The summed E-state index contributed by atoms with van der Waals surface area (Å²) in [5.41, 5.74) is 2.10. The number of rotatable bonds is 5. The Labute approximate surface area is 130 Å². The first-order valence-corrected chi connectivity index (χ1v) is 7.59. The molecule has 0 saturated carbocycles. The minimum absolute atomic E-state index is 0.104. The summed E-state index contributed by atoms with van der Waals surface area (Å²) < 4.78 is 10.7. The molecule has 1 aliphatic rings. The van der Waals surface area contributed by atoms with Gasteiger partial charge in [-0.1, -0.05) is 18.2 Å². The highest BCUT2D eigenvalue weighted by Gasteiger charge is 2.35. The van der Waals surface area contributed by atoms with E-state index in [0.29, 0.717) is 19.6 Å². The largest absolute Gasteiger partial charge is 0.383 e. The molecule has 2 atom stereocenters. The number of aromatic nitrogens is 1. The van der Waals surface area contributed by atoms with Crippen LogP contribution in [0.3, 0.4) is 0 Å². The maximum atomic E-state index is 12.7. The lowest BCUT2D eigenvalue weighted by molar-refractivity contribution is -0.132. The number of fused-ring (bicyclic) bond motifs is 1. The number of carbonyl (C=O) groups excluding carboxylic acids is 1. The van der Waals surface area contributed by atoms with Gasteiger partial charge in [0.2, 0.25) is 5.91 Å². The number of para-hydroxylation sites is 1. The second-order valence-electron chi connectivity index (χ2n) is 5.78. The first-order chi connectivity index (χ1) is 10.7. The van der Waals surface area contributed by atoms with Gasteiger partial charge in [-0.3, -0.25) is 4.79 Å². The summed E-state index contributed by atoms with van der Waals surface area (Å²) >= 11 is 0. The number of ether oxygens (including phenoxy) is 2. The first-order valence-electron chi connectivity index (χ1n) is 7.59. The van der Waals surface area contributed by atoms with Crippen molar-refractivity contribution in [3.8, 4) is 0 Å². The van der Waals surface area contributed by atoms with E-state index >= 15 is 0 Å². The average Bonchev–Trinajstić information content (AvgIpc) is 3.12. The van der Waals surface area contributed by atoms with Crippen LogP contribution in [0.4, 0.5) is 0 Å². The van der Waals surface area contributed by atoms with E-state index in [0.717, 1.165) is 22.9 Å². The van der Waals surface area contributed by atoms with Gasteiger partial charge < -0.3 is 19.4 Å². The second-order valence-corrected chi connectivity index (χ2v) is 5.78. The van der Waals surface area contributed by atoms with Crippen molar-refractivity contribution in [3.63, 3.8) is 0 Å². The van der Waals surface area contributed by atoms with Crippen molar-refractivity contribution in [1.29, 1.82) is 0 Å². The van der Waals surface area contributed by atoms with Crippen LogP contribution in [0, 0.1) is 0 Å². The molecule has 1 saturated heterocycles. The highest BCUT2D eigenvalue weighted by molar-refractivity contribution is 5.89. The lowest BCUT2D eigenvalue weighted by Crippen LogP contribution is -2.39. The average molecular weight is 302 g/mol. The molecular weight excluding hydrogens is 280 g/mol. The predicted molar refractivity (Wildman–Crippen MR) is 84.8 cm³/mol. The Hall–Kier alpha value is -1.85. The van der Waals surface area contributed by atoms with Crippen LogP contribution < -0.4 is 0 Å². The van der Waals surface area contributed by atoms with Crippen LogP contribution in [0.1, 0.15) is 12.0 Å². The Morgan fingerprint density at radius 2 is 2.18 bits per heavy atom. The van der Waals surface area contributed by atoms with Crippen molar-refractivity contribution >= 4 is 16.8 Å². The number of nitrogens with zero attached hydrogens (tertiary/aromatic N) is 1. The molecule has 3 rings (SSSR count). The highest BCUT2D eigenvalue weighted by atomic mass is 16.5. The fourth-order valence-corrected chi connectivity index (χ4v) is 3.24. The first kappa shape index (κ1) is 15.1. The normalized spacial score (nSPS) is 21.6. The lowest BCUT2D eigenvalue weighted by atomic mass is 10.1. The number of aromatic amines is 1. The molecule has 0 spiro atoms. The monoisotopic (exact) mass is 302 g/mol. The zero-order valence-electron chi connectivity index (χ0n) is 13.0. The number of likely N-dealkylation sites (tertiary alicyclic amines) is 1. The van der Waals surface area contributed by atoms with Crippen LogP contribution in [0.25, 0.3) is 10.9 Å². The van der Waals surface area contributed by atoms with Crippen molar-refractivity contribution in [2.24, 2.45) is 0 Å². The Morgan fingerprint density at radius 3 is 2.95 bits per heavy atom. The van der Waals surface area contributed by atoms with E-state index in [9.17, 15) is 4.79 Å². The summed E-state index contributed by atoms with van der Waals surface area (Å²) in [5.74, 6) is 0.131. The van der Waals surface area contributed by atoms with E-state index in [4.69, 9.17) is 9.47 Å². The maximum absolute atomic E-state index is 12.7. The van der Waals surface area contributed by atoms with Crippen LogP contribution in [0.5, 0.6) is 0 Å². The van der Waals surface area contributed by atoms with Crippen LogP contribution in [-0.4, -0.2) is 55.3 Å². The van der Waals surface area contributed by atoms with Crippen molar-refractivity contribution in [1.82, 2.24) is 9.88 Å². The third-order valence-corrected chi connectivity index (χ3v) is 4.41. The summed E-state index contributed by atoms with van der Waals surface area (Å²) in [6, 6.07) is 8.15. The van der Waals surface area contributed by atoms with E-state index in [1.807, 2.05) is 35.4 Å². The van der Waals surface area contributed by atoms with Gasteiger partial charge in [0.1, 0.15) is 0 Å². The molecule has 22 heavy (non-hydrogen) atoms. The van der Waals surface area contributed by atoms with Crippen LogP contribution in [0.15, 0.2) is 30.5 Å². The Bertz CT molecular complexity index is 652. The SMILES string of the molecule is COC[C@@H]1C[C@H](OC)CN1C(=O)Cc1c[nH]c2ccccc12. The number of hydrogen-bond donors (Lipinski definition) is 1. The number of carbonyl (C=O) groups is 1. The number of methoxy groups -OCH3 is 2. The van der Waals surface area contributed by atoms with E-state index in [1.165, 1.54) is 0 Å². The number of benzene rings is 1. The summed E-state index contributed by atoms with van der Waals surface area (Å²) in [6.45, 7) is 1.20. The molecule has 0 bridgehead atoms. The molecule has 0 radical (unpaired) electrons. The molecule has 1 aromatic carbocycles. The summed E-state index contributed by atoms with van der Waals surface area (Å²) in [5, 5.41) is 1.11. The number of nitrogens with one attached hydrogen (secondary N) is 1. The standard InChI is InChI=1S/C17H22N2O3/c1-21-11-13-8-14(22-2)10-19(13)17(20)7-12-9-18-16-6-4-3-5-15(12)16/h3-6,9,13-14,18H,7-8,10-11H2,1-2H3/t13-,14-/m0/s1. The van der Waals surface area contributed by atoms with Crippen LogP contribution >= 0.6 is 0 Å². The Balaban J connectivity index is 1.75. The zero-order chi connectivity index (χ0) is 15.5. The quantitative estimate of drug-likeness (QED) is 0.919. The molecular formula is C17H22N2O3. The van der Waals surface area contributed by atoms with Gasteiger partial charge in [0.25, 0.3) is 0 Å². The summed E-state index contributed by atoms with van der Waals surface area (Å²) in [6.07, 6.45) is 3.27. The summed E-state index contributed by atoms with van der Waals surface area (Å²) in [7, 11) is 3.37. The number of H-pyrrole nitrogens is 1. The molecule has 5 heteroatoms. The van der Waals surface area contributed by atoms with E-state index in [1.54, 1.807) is 14.2 Å². The van der Waals surface area contributed by atoms with E-state index < -0.39 is 0 Å². The van der Waals surface area contributed by atoms with Gasteiger partial charge in [0, 0.05) is 37.9 Å². The van der Waals surface area contributed by atoms with Gasteiger partial charge in [-0.25, -0.2) is 0 Å². The topological polar surface area (TPSA) is 54.6 Å². The summed E-state index contributed by atoms with van der Waals surface area (Å²) in [4.78, 5) is 17.8. The fourth-order valence-electron chi connectivity index (χ4n) is 3.24. The Kier molecular flexibility index (Phi) is 4.45. The fraction of sp³-hybridized carbons (Fsp3) is 0.471. The molecule has 1 amide bonds. The molecule has 2 heterocycles. The number of hydrogen-bond acceptors (Lipinski definition) is 3. The van der Waals surface area contributed by atoms with Gasteiger partial charge in [0.15, 0.2) is 0 Å². The van der Waals surface area contributed by atoms with E-state index in [2.05, 4.69) is 4.98 Å². The third kappa shape index (κ3) is 2.87. The molecule has 5 nitrogen and oxygen atoms in total. The maximum Gasteiger partial charge on any atom is 0.227 e. The molecule has 0 unspecified atom stereocenters. The molecule has 1 fully saturated rings. The second kappa shape index (κ2) is 6.50. The van der Waals surface area contributed by atoms with Crippen molar-refractivity contribution in [2.75, 3.05) is 27.4 Å². The Morgan fingerprint density at radius 1 is 1.36 bits per heavy atom. The molecule has 2 aromatic rings. The van der Waals surface area contributed by atoms with Crippen LogP contribution in [-0.2, 0) is 20.7 Å². The third-order valence-electron chi connectivity index (χ3n) is 4.41. The molecule has 1 aliphatic heterocycles. The minimum Gasteiger partial charge on any atom is -0.383 e. The minimum atomic E-state index is 0.104. The van der Waals surface area contributed by atoms with Gasteiger partial charge in [-0.15, -0.1) is 0 Å². The number of amides is 1. The van der Waals surface area contributed by atoms with Crippen molar-refractivity contribution < 1.29 is 14.3 Å². The molecule has 1 N–H and O–H groups in total. The van der Waals surface area contributed by atoms with Gasteiger partial charge >= 0.3 is 0 Å². The van der Waals surface area contributed by atoms with Gasteiger partial charge in [0.05, 0.1) is 25.2 Å². The molecule has 118 valence electrons. The van der Waals surface area contributed by atoms with Crippen LogP contribution in [0.2, 0.25) is 0 Å². The zero-order valence-corrected chi connectivity index (χ0v) is 13.0. The van der Waals surface area contributed by atoms with Gasteiger partial charge in [-0.05, 0) is 18.1 Å². The predicted octanol–water partition coefficient (Wildman–Crippen LogP) is 1.97. The van der Waals surface area contributed by atoms with Crippen molar-refractivity contribution in [3.05, 3.63) is 36.0 Å². The smallest absolute Gasteiger partial charge is 0.227 e. The van der Waals surface area contributed by atoms with E-state index in [-0.39, 0.29) is 18.1 Å².